The van der Waals surface area contributed by atoms with Gasteiger partial charge in [0.1, 0.15) is 5.82 Å². The van der Waals surface area contributed by atoms with Crippen LogP contribution in [0, 0.1) is 5.82 Å². The van der Waals surface area contributed by atoms with Gasteiger partial charge in [-0.25, -0.2) is 9.18 Å². The van der Waals surface area contributed by atoms with Crippen LogP contribution in [0.5, 0.6) is 0 Å². The molecule has 2 N–H and O–H groups in total. The molecule has 0 aliphatic rings. The van der Waals surface area contributed by atoms with Gasteiger partial charge in [-0.15, -0.1) is 0 Å². The lowest BCUT2D eigenvalue weighted by Crippen LogP contribution is -2.40. The second-order valence-corrected chi connectivity index (χ2v) is 3.54. The number of carbonyl (C=O) groups is 1. The molecule has 1 rings (SSSR count). The minimum atomic E-state index is -1.06. The minimum absolute atomic E-state index is 0.0948. The zero-order valence-corrected chi connectivity index (χ0v) is 8.79. The molecule has 15 heavy (non-hydrogen) atoms. The van der Waals surface area contributed by atoms with Crippen LogP contribution in [0.2, 0.25) is 0 Å². The standard InChI is InChI=1S/C11H14FNO2/c1-3-11(2,13)15-10(14)8-6-4-5-7-9(8)12/h4-7H,3,13H2,1-2H3. The summed E-state index contributed by atoms with van der Waals surface area (Å²) in [6, 6.07) is 5.65. The number of carbonyl (C=O) groups excluding carboxylic acids is 1. The summed E-state index contributed by atoms with van der Waals surface area (Å²) in [5.41, 5.74) is 4.49. The first-order valence-corrected chi connectivity index (χ1v) is 4.73. The van der Waals surface area contributed by atoms with Gasteiger partial charge in [0.15, 0.2) is 5.72 Å². The Labute approximate surface area is 88.0 Å². The van der Waals surface area contributed by atoms with E-state index in [1.54, 1.807) is 19.9 Å². The van der Waals surface area contributed by atoms with E-state index in [4.69, 9.17) is 10.5 Å². The van der Waals surface area contributed by atoms with Crippen LogP contribution in [-0.2, 0) is 4.74 Å². The van der Waals surface area contributed by atoms with Crippen LogP contribution >= 0.6 is 0 Å². The van der Waals surface area contributed by atoms with Crippen LogP contribution in [0.1, 0.15) is 30.6 Å². The van der Waals surface area contributed by atoms with Crippen LogP contribution in [0.4, 0.5) is 4.39 Å². The SMILES string of the molecule is CCC(C)(N)OC(=O)c1ccccc1F. The molecule has 0 saturated heterocycles. The highest BCUT2D eigenvalue weighted by molar-refractivity contribution is 5.89. The van der Waals surface area contributed by atoms with Crippen molar-refractivity contribution < 1.29 is 13.9 Å². The lowest BCUT2D eigenvalue weighted by Gasteiger charge is -2.23. The fraction of sp³-hybridized carbons (Fsp3) is 0.364. The van der Waals surface area contributed by atoms with Gasteiger partial charge in [0.25, 0.3) is 0 Å². The molecule has 82 valence electrons. The van der Waals surface area contributed by atoms with Crippen LogP contribution in [0.15, 0.2) is 24.3 Å². The molecule has 0 spiro atoms. The lowest BCUT2D eigenvalue weighted by molar-refractivity contribution is -0.00863. The van der Waals surface area contributed by atoms with Crippen molar-refractivity contribution in [3.63, 3.8) is 0 Å². The molecular formula is C11H14FNO2. The van der Waals surface area contributed by atoms with E-state index in [1.165, 1.54) is 18.2 Å². The normalized spacial score (nSPS) is 14.4. The predicted molar refractivity (Wildman–Crippen MR) is 54.7 cm³/mol. The molecule has 1 aromatic carbocycles. The average molecular weight is 211 g/mol. The van der Waals surface area contributed by atoms with Gasteiger partial charge < -0.3 is 4.74 Å². The van der Waals surface area contributed by atoms with E-state index in [9.17, 15) is 9.18 Å². The first-order chi connectivity index (χ1) is 6.96. The summed E-state index contributed by atoms with van der Waals surface area (Å²) >= 11 is 0. The summed E-state index contributed by atoms with van der Waals surface area (Å²) in [6.07, 6.45) is 0.465. The number of halogens is 1. The van der Waals surface area contributed by atoms with Gasteiger partial charge in [-0.3, -0.25) is 5.73 Å². The monoisotopic (exact) mass is 211 g/mol. The van der Waals surface area contributed by atoms with Gasteiger partial charge in [-0.05, 0) is 25.5 Å². The largest absolute Gasteiger partial charge is 0.441 e. The van der Waals surface area contributed by atoms with Crippen molar-refractivity contribution in [1.29, 1.82) is 0 Å². The number of rotatable bonds is 3. The molecule has 0 fully saturated rings. The topological polar surface area (TPSA) is 52.3 Å². The molecule has 0 aliphatic heterocycles. The van der Waals surface area contributed by atoms with Crippen LogP contribution in [0.3, 0.4) is 0 Å². The van der Waals surface area contributed by atoms with Crippen molar-refractivity contribution in [2.24, 2.45) is 5.73 Å². The third-order valence-corrected chi connectivity index (χ3v) is 2.12. The Hall–Kier alpha value is -1.42. The Bertz CT molecular complexity index is 363. The van der Waals surface area contributed by atoms with Gasteiger partial charge in [0.05, 0.1) is 5.56 Å². The van der Waals surface area contributed by atoms with Crippen molar-refractivity contribution in [2.45, 2.75) is 26.0 Å². The molecule has 0 aliphatic carbocycles. The van der Waals surface area contributed by atoms with Gasteiger partial charge in [0, 0.05) is 0 Å². The number of nitrogens with two attached hydrogens (primary N) is 1. The maximum absolute atomic E-state index is 13.2. The number of hydrogen-bond donors (Lipinski definition) is 1. The second kappa shape index (κ2) is 4.40. The van der Waals surface area contributed by atoms with Crippen LogP contribution in [-0.4, -0.2) is 11.7 Å². The molecule has 0 bridgehead atoms. The smallest absolute Gasteiger partial charge is 0.342 e. The van der Waals surface area contributed by atoms with Gasteiger partial charge in [-0.1, -0.05) is 19.1 Å². The maximum Gasteiger partial charge on any atom is 0.342 e. The average Bonchev–Trinajstić information content (AvgIpc) is 2.17. The highest BCUT2D eigenvalue weighted by Crippen LogP contribution is 2.13. The fourth-order valence-corrected chi connectivity index (χ4v) is 0.966. The Morgan fingerprint density at radius 2 is 2.13 bits per heavy atom. The molecule has 4 heteroatoms. The third kappa shape index (κ3) is 3.02. The molecule has 0 saturated carbocycles. The predicted octanol–water partition coefficient (Wildman–Crippen LogP) is 2.07. The minimum Gasteiger partial charge on any atom is -0.441 e. The molecule has 0 radical (unpaired) electrons. The third-order valence-electron chi connectivity index (χ3n) is 2.12. The Kier molecular flexibility index (Phi) is 3.42. The van der Waals surface area contributed by atoms with E-state index in [2.05, 4.69) is 0 Å². The first kappa shape index (κ1) is 11.7. The van der Waals surface area contributed by atoms with E-state index in [0.29, 0.717) is 6.42 Å². The van der Waals surface area contributed by atoms with Crippen molar-refractivity contribution in [1.82, 2.24) is 0 Å². The van der Waals surface area contributed by atoms with Crippen molar-refractivity contribution in [3.8, 4) is 0 Å². The maximum atomic E-state index is 13.2. The fourth-order valence-electron chi connectivity index (χ4n) is 0.966. The quantitative estimate of drug-likeness (QED) is 0.615. The molecule has 1 atom stereocenters. The Balaban J connectivity index is 2.83. The molecule has 1 unspecified atom stereocenters. The molecule has 1 aromatic rings. The van der Waals surface area contributed by atoms with Crippen molar-refractivity contribution in [3.05, 3.63) is 35.6 Å². The summed E-state index contributed by atoms with van der Waals surface area (Å²) in [6.45, 7) is 3.36. The van der Waals surface area contributed by atoms with Crippen molar-refractivity contribution in [2.75, 3.05) is 0 Å². The number of benzene rings is 1. The Morgan fingerprint density at radius 1 is 1.53 bits per heavy atom. The van der Waals surface area contributed by atoms with E-state index in [0.717, 1.165) is 0 Å². The van der Waals surface area contributed by atoms with Crippen molar-refractivity contribution >= 4 is 5.97 Å². The van der Waals surface area contributed by atoms with Gasteiger partial charge in [-0.2, -0.15) is 0 Å². The number of ether oxygens (including phenoxy) is 1. The summed E-state index contributed by atoms with van der Waals surface area (Å²) in [4.78, 5) is 11.5. The Morgan fingerprint density at radius 3 is 2.67 bits per heavy atom. The first-order valence-electron chi connectivity index (χ1n) is 4.73. The van der Waals surface area contributed by atoms with E-state index in [-0.39, 0.29) is 5.56 Å². The summed E-state index contributed by atoms with van der Waals surface area (Å²) in [5, 5.41) is 0. The molecule has 0 heterocycles. The van der Waals surface area contributed by atoms with E-state index < -0.39 is 17.5 Å². The molecular weight excluding hydrogens is 197 g/mol. The summed E-state index contributed by atoms with van der Waals surface area (Å²) in [7, 11) is 0. The summed E-state index contributed by atoms with van der Waals surface area (Å²) in [5.74, 6) is -1.34. The molecule has 3 nitrogen and oxygen atoms in total. The van der Waals surface area contributed by atoms with Gasteiger partial charge in [0.2, 0.25) is 0 Å². The number of hydrogen-bond acceptors (Lipinski definition) is 3. The van der Waals surface area contributed by atoms with E-state index >= 15 is 0 Å². The van der Waals surface area contributed by atoms with Gasteiger partial charge >= 0.3 is 5.97 Å². The highest BCUT2D eigenvalue weighted by atomic mass is 19.1. The number of esters is 1. The van der Waals surface area contributed by atoms with Crippen LogP contribution in [0.25, 0.3) is 0 Å². The zero-order chi connectivity index (χ0) is 11.5. The molecule has 0 amide bonds. The van der Waals surface area contributed by atoms with E-state index in [1.807, 2.05) is 0 Å². The highest BCUT2D eigenvalue weighted by Gasteiger charge is 2.23. The zero-order valence-electron chi connectivity index (χ0n) is 8.79. The lowest BCUT2D eigenvalue weighted by atomic mass is 10.2. The second-order valence-electron chi connectivity index (χ2n) is 3.54. The van der Waals surface area contributed by atoms with Crippen LogP contribution < -0.4 is 5.73 Å². The molecule has 0 aromatic heterocycles. The summed E-state index contributed by atoms with van der Waals surface area (Å²) < 4.78 is 18.1.